The summed E-state index contributed by atoms with van der Waals surface area (Å²) in [6.45, 7) is 5.20. The van der Waals surface area contributed by atoms with Crippen LogP contribution < -0.4 is 10.1 Å². The Hall–Kier alpha value is -1.92. The summed E-state index contributed by atoms with van der Waals surface area (Å²) >= 11 is 0. The van der Waals surface area contributed by atoms with E-state index in [1.807, 2.05) is 6.92 Å². The molecule has 2 atom stereocenters. The van der Waals surface area contributed by atoms with Crippen LogP contribution in [0.5, 0.6) is 5.75 Å². The Morgan fingerprint density at radius 1 is 1.15 bits per heavy atom. The van der Waals surface area contributed by atoms with Gasteiger partial charge in [0, 0.05) is 12.0 Å². The van der Waals surface area contributed by atoms with Crippen molar-refractivity contribution in [1.29, 1.82) is 0 Å². The molecule has 0 spiro atoms. The number of ether oxygens (including phenoxy) is 2. The first kappa shape index (κ1) is 18.9. The molecule has 0 saturated carbocycles. The zero-order valence-electron chi connectivity index (χ0n) is 15.4. The summed E-state index contributed by atoms with van der Waals surface area (Å²) in [6.07, 6.45) is 4.20. The Labute approximate surface area is 154 Å². The molecule has 2 aliphatic heterocycles. The lowest BCUT2D eigenvalue weighted by Gasteiger charge is -2.34. The molecule has 1 aromatic rings. The summed E-state index contributed by atoms with van der Waals surface area (Å²) in [6, 6.07) is 7.20. The first-order chi connectivity index (χ1) is 12.7. The van der Waals surface area contributed by atoms with Crippen molar-refractivity contribution in [2.45, 2.75) is 44.7 Å². The van der Waals surface area contributed by atoms with Crippen molar-refractivity contribution in [3.05, 3.63) is 29.8 Å². The highest BCUT2D eigenvalue weighted by Gasteiger charge is 2.34. The van der Waals surface area contributed by atoms with Gasteiger partial charge in [-0.05, 0) is 50.2 Å². The van der Waals surface area contributed by atoms with E-state index >= 15 is 0 Å². The molecule has 2 fully saturated rings. The molecule has 26 heavy (non-hydrogen) atoms. The van der Waals surface area contributed by atoms with Crippen molar-refractivity contribution in [3.63, 3.8) is 0 Å². The Morgan fingerprint density at radius 2 is 1.88 bits per heavy atom. The normalized spacial score (nSPS) is 23.6. The number of piperidine rings is 1. The van der Waals surface area contributed by atoms with Gasteiger partial charge in [-0.1, -0.05) is 13.3 Å². The molecule has 2 saturated heterocycles. The maximum atomic E-state index is 12.3. The van der Waals surface area contributed by atoms with Gasteiger partial charge in [-0.3, -0.25) is 14.5 Å². The second kappa shape index (κ2) is 9.14. The number of carbonyl (C=O) groups excluding carboxylic acids is 2. The first-order valence-corrected chi connectivity index (χ1v) is 9.54. The van der Waals surface area contributed by atoms with Crippen LogP contribution in [0.15, 0.2) is 24.3 Å². The van der Waals surface area contributed by atoms with Crippen LogP contribution in [0.2, 0.25) is 0 Å². The predicted molar refractivity (Wildman–Crippen MR) is 98.5 cm³/mol. The van der Waals surface area contributed by atoms with Gasteiger partial charge in [-0.2, -0.15) is 0 Å². The molecule has 2 aliphatic rings. The van der Waals surface area contributed by atoms with E-state index in [1.54, 1.807) is 24.3 Å². The van der Waals surface area contributed by atoms with Crippen molar-refractivity contribution in [2.75, 3.05) is 32.9 Å². The minimum absolute atomic E-state index is 0.0220. The fraction of sp³-hybridized carbons (Fsp3) is 0.600. The molecular weight excluding hydrogens is 332 g/mol. The van der Waals surface area contributed by atoms with Crippen molar-refractivity contribution < 1.29 is 19.1 Å². The number of likely N-dealkylation sites (tertiary alicyclic amines) is 1. The van der Waals surface area contributed by atoms with Gasteiger partial charge in [0.2, 0.25) is 0 Å². The molecule has 1 N–H and O–H groups in total. The van der Waals surface area contributed by atoms with Crippen molar-refractivity contribution in [2.24, 2.45) is 0 Å². The first-order valence-electron chi connectivity index (χ1n) is 9.54. The Bertz CT molecular complexity index is 611. The fourth-order valence-corrected chi connectivity index (χ4v) is 3.63. The second-order valence-corrected chi connectivity index (χ2v) is 6.97. The molecule has 6 nitrogen and oxygen atoms in total. The number of ketones is 1. The largest absolute Gasteiger partial charge is 0.484 e. The minimum atomic E-state index is -0.142. The average Bonchev–Trinajstić information content (AvgIpc) is 3.15. The van der Waals surface area contributed by atoms with E-state index < -0.39 is 0 Å². The van der Waals surface area contributed by atoms with Gasteiger partial charge in [0.15, 0.2) is 12.4 Å². The van der Waals surface area contributed by atoms with Crippen LogP contribution in [-0.2, 0) is 9.53 Å². The van der Waals surface area contributed by atoms with Gasteiger partial charge in [0.1, 0.15) is 5.75 Å². The van der Waals surface area contributed by atoms with Crippen LogP contribution in [0.4, 0.5) is 0 Å². The Balaban J connectivity index is 1.46. The third-order valence-electron chi connectivity index (χ3n) is 5.12. The summed E-state index contributed by atoms with van der Waals surface area (Å²) in [4.78, 5) is 26.3. The highest BCUT2D eigenvalue weighted by Crippen LogP contribution is 2.19. The van der Waals surface area contributed by atoms with Crippen LogP contribution in [-0.4, -0.2) is 61.6 Å². The van der Waals surface area contributed by atoms with E-state index in [2.05, 4.69) is 10.2 Å². The van der Waals surface area contributed by atoms with Gasteiger partial charge < -0.3 is 14.8 Å². The summed E-state index contributed by atoms with van der Waals surface area (Å²) in [5, 5.41) is 3.05. The maximum Gasteiger partial charge on any atom is 0.258 e. The van der Waals surface area contributed by atoms with Crippen molar-refractivity contribution in [3.8, 4) is 5.75 Å². The van der Waals surface area contributed by atoms with E-state index in [9.17, 15) is 9.59 Å². The molecule has 0 aliphatic carbocycles. The number of nitrogens with zero attached hydrogens (tertiary/aromatic N) is 1. The van der Waals surface area contributed by atoms with E-state index in [4.69, 9.17) is 9.47 Å². The minimum Gasteiger partial charge on any atom is -0.484 e. The standard InChI is InChI=1S/C20H28N2O4/c1-2-19(23)15-6-8-16(9-7-15)26-14-20(24)21-17-12-25-13-18(17)22-10-4-3-5-11-22/h6-9,17-18H,2-5,10-14H2,1H3,(H,21,24)/t17-,18-/m1/s1. The molecule has 0 bridgehead atoms. The van der Waals surface area contributed by atoms with Gasteiger partial charge in [-0.15, -0.1) is 0 Å². The topological polar surface area (TPSA) is 67.9 Å². The lowest BCUT2D eigenvalue weighted by atomic mass is 10.0. The SMILES string of the molecule is CCC(=O)c1ccc(OCC(=O)N[C@@H]2COC[C@H]2N2CCCCC2)cc1. The van der Waals surface area contributed by atoms with Crippen molar-refractivity contribution >= 4 is 11.7 Å². The number of nitrogens with one attached hydrogen (secondary N) is 1. The third-order valence-corrected chi connectivity index (χ3v) is 5.12. The van der Waals surface area contributed by atoms with Crippen LogP contribution in [0.1, 0.15) is 43.0 Å². The molecule has 1 amide bonds. The van der Waals surface area contributed by atoms with Crippen molar-refractivity contribution in [1.82, 2.24) is 10.2 Å². The van der Waals surface area contributed by atoms with E-state index in [0.717, 1.165) is 13.1 Å². The summed E-state index contributed by atoms with van der Waals surface area (Å²) in [7, 11) is 0. The number of Topliss-reactive ketones (excluding diaryl/α,β-unsaturated/α-hetero) is 1. The van der Waals surface area contributed by atoms with Gasteiger partial charge in [0.25, 0.3) is 5.91 Å². The molecule has 0 radical (unpaired) electrons. The molecule has 2 heterocycles. The Morgan fingerprint density at radius 3 is 2.58 bits per heavy atom. The summed E-state index contributed by atoms with van der Waals surface area (Å²) in [5.74, 6) is 0.540. The lowest BCUT2D eigenvalue weighted by Crippen LogP contribution is -2.53. The molecule has 0 aromatic heterocycles. The number of benzene rings is 1. The van der Waals surface area contributed by atoms with E-state index in [0.29, 0.717) is 30.9 Å². The van der Waals surface area contributed by atoms with E-state index in [1.165, 1.54) is 19.3 Å². The lowest BCUT2D eigenvalue weighted by molar-refractivity contribution is -0.124. The smallest absolute Gasteiger partial charge is 0.258 e. The van der Waals surface area contributed by atoms with E-state index in [-0.39, 0.29) is 30.4 Å². The van der Waals surface area contributed by atoms with Gasteiger partial charge in [-0.25, -0.2) is 0 Å². The van der Waals surface area contributed by atoms with Gasteiger partial charge >= 0.3 is 0 Å². The van der Waals surface area contributed by atoms with Crippen LogP contribution in [0.3, 0.4) is 0 Å². The zero-order chi connectivity index (χ0) is 18.4. The zero-order valence-corrected chi connectivity index (χ0v) is 15.4. The third kappa shape index (κ3) is 4.83. The number of carbonyl (C=O) groups is 2. The predicted octanol–water partition coefficient (Wildman–Crippen LogP) is 2.03. The average molecular weight is 360 g/mol. The highest BCUT2D eigenvalue weighted by atomic mass is 16.5. The molecule has 6 heteroatoms. The molecule has 142 valence electrons. The maximum absolute atomic E-state index is 12.3. The highest BCUT2D eigenvalue weighted by molar-refractivity contribution is 5.95. The van der Waals surface area contributed by atoms with Gasteiger partial charge in [0.05, 0.1) is 25.3 Å². The number of hydrogen-bond acceptors (Lipinski definition) is 5. The second-order valence-electron chi connectivity index (χ2n) is 6.97. The molecule has 0 unspecified atom stereocenters. The molecular formula is C20H28N2O4. The number of amides is 1. The number of rotatable bonds is 7. The summed E-state index contributed by atoms with van der Waals surface area (Å²) in [5.41, 5.74) is 0.664. The molecule has 3 rings (SSSR count). The van der Waals surface area contributed by atoms with Crippen LogP contribution >= 0.6 is 0 Å². The fourth-order valence-electron chi connectivity index (χ4n) is 3.63. The monoisotopic (exact) mass is 360 g/mol. The van der Waals surface area contributed by atoms with Crippen LogP contribution in [0.25, 0.3) is 0 Å². The van der Waals surface area contributed by atoms with Crippen LogP contribution in [0, 0.1) is 0 Å². The Kier molecular flexibility index (Phi) is 6.63. The molecule has 1 aromatic carbocycles. The number of hydrogen-bond donors (Lipinski definition) is 1. The summed E-state index contributed by atoms with van der Waals surface area (Å²) < 4.78 is 11.2. The quantitative estimate of drug-likeness (QED) is 0.754.